The van der Waals surface area contributed by atoms with E-state index >= 15 is 0 Å². The van der Waals surface area contributed by atoms with Crippen LogP contribution in [0.25, 0.3) is 10.2 Å². The number of thiophene rings is 1. The lowest BCUT2D eigenvalue weighted by Crippen LogP contribution is -2.24. The van der Waals surface area contributed by atoms with E-state index in [-0.39, 0.29) is 5.56 Å². The van der Waals surface area contributed by atoms with E-state index in [0.29, 0.717) is 12.5 Å². The van der Waals surface area contributed by atoms with Gasteiger partial charge < -0.3 is 10.3 Å². The molecule has 0 bridgehead atoms. The fourth-order valence-corrected chi connectivity index (χ4v) is 3.40. The number of nitrogens with zero attached hydrogens (tertiary/aromatic N) is 1. The topological polar surface area (TPSA) is 57.8 Å². The molecular weight excluding hydrogens is 270 g/mol. The zero-order chi connectivity index (χ0) is 14.7. The van der Waals surface area contributed by atoms with Gasteiger partial charge in [-0.25, -0.2) is 4.98 Å². The molecular formula is C15H23N3OS. The highest BCUT2D eigenvalue weighted by atomic mass is 32.1. The molecule has 0 aliphatic carbocycles. The lowest BCUT2D eigenvalue weighted by atomic mass is 10.0. The molecule has 4 nitrogen and oxygen atoms in total. The van der Waals surface area contributed by atoms with Gasteiger partial charge in [-0.1, -0.05) is 26.7 Å². The minimum atomic E-state index is -0.0174. The van der Waals surface area contributed by atoms with Crippen molar-refractivity contribution < 1.29 is 0 Å². The largest absolute Gasteiger partial charge is 0.310 e. The summed E-state index contributed by atoms with van der Waals surface area (Å²) in [5.74, 6) is 1.42. The number of aromatic nitrogens is 2. The summed E-state index contributed by atoms with van der Waals surface area (Å²) in [7, 11) is 0. The maximum Gasteiger partial charge on any atom is 0.259 e. The number of fused-ring (bicyclic) bond motifs is 1. The Bertz CT molecular complexity index is 640. The molecule has 2 heterocycles. The van der Waals surface area contributed by atoms with E-state index in [4.69, 9.17) is 0 Å². The van der Waals surface area contributed by atoms with Gasteiger partial charge >= 0.3 is 0 Å². The van der Waals surface area contributed by atoms with E-state index in [2.05, 4.69) is 29.1 Å². The summed E-state index contributed by atoms with van der Waals surface area (Å²) in [6.45, 7) is 10.0. The second-order valence-electron chi connectivity index (χ2n) is 5.29. The summed E-state index contributed by atoms with van der Waals surface area (Å²) < 4.78 is 0. The van der Waals surface area contributed by atoms with E-state index in [1.165, 1.54) is 17.7 Å². The van der Waals surface area contributed by atoms with E-state index < -0.39 is 0 Å². The highest BCUT2D eigenvalue weighted by molar-refractivity contribution is 7.18. The minimum absolute atomic E-state index is 0.0174. The predicted molar refractivity (Wildman–Crippen MR) is 85.5 cm³/mol. The molecule has 0 fully saturated rings. The van der Waals surface area contributed by atoms with E-state index in [1.54, 1.807) is 11.3 Å². The van der Waals surface area contributed by atoms with Crippen molar-refractivity contribution in [3.05, 3.63) is 26.6 Å². The predicted octanol–water partition coefficient (Wildman–Crippen LogP) is 3.13. The Kier molecular flexibility index (Phi) is 4.94. The van der Waals surface area contributed by atoms with Crippen LogP contribution in [0.3, 0.4) is 0 Å². The number of hydrogen-bond donors (Lipinski definition) is 2. The molecule has 0 spiro atoms. The zero-order valence-electron chi connectivity index (χ0n) is 12.7. The maximum absolute atomic E-state index is 12.1. The number of aryl methyl sites for hydroxylation is 2. The van der Waals surface area contributed by atoms with Gasteiger partial charge in [0.15, 0.2) is 0 Å². The molecule has 0 unspecified atom stereocenters. The molecule has 110 valence electrons. The smallest absolute Gasteiger partial charge is 0.259 e. The fourth-order valence-electron chi connectivity index (χ4n) is 2.36. The number of aromatic amines is 1. The first-order valence-corrected chi connectivity index (χ1v) is 8.08. The van der Waals surface area contributed by atoms with Gasteiger partial charge in [0.05, 0.1) is 11.9 Å². The Morgan fingerprint density at radius 2 is 2.00 bits per heavy atom. The summed E-state index contributed by atoms with van der Waals surface area (Å²) in [4.78, 5) is 21.6. The van der Waals surface area contributed by atoms with Crippen LogP contribution in [0, 0.1) is 19.8 Å². The standard InChI is InChI=1S/C15H23N3OS/c1-5-11(6-2)7-16-8-12-17-14(19)13-9(3)10(4)20-15(13)18-12/h11,16H,5-8H2,1-4H3,(H,17,18,19). The lowest BCUT2D eigenvalue weighted by molar-refractivity contribution is 0.446. The molecule has 0 amide bonds. The number of rotatable bonds is 6. The second-order valence-corrected chi connectivity index (χ2v) is 6.49. The third kappa shape index (κ3) is 3.10. The van der Waals surface area contributed by atoms with Crippen molar-refractivity contribution in [2.45, 2.75) is 47.1 Å². The molecule has 0 radical (unpaired) electrons. The third-order valence-electron chi connectivity index (χ3n) is 3.97. The van der Waals surface area contributed by atoms with Crippen molar-refractivity contribution in [1.29, 1.82) is 0 Å². The van der Waals surface area contributed by atoms with Gasteiger partial charge in [-0.2, -0.15) is 0 Å². The zero-order valence-corrected chi connectivity index (χ0v) is 13.5. The molecule has 0 aliphatic rings. The van der Waals surface area contributed by atoms with Crippen LogP contribution in [0.5, 0.6) is 0 Å². The highest BCUT2D eigenvalue weighted by Gasteiger charge is 2.11. The summed E-state index contributed by atoms with van der Waals surface area (Å²) in [5.41, 5.74) is 1.03. The number of nitrogens with one attached hydrogen (secondary N) is 2. The van der Waals surface area contributed by atoms with Crippen LogP contribution in [-0.2, 0) is 6.54 Å². The Balaban J connectivity index is 2.14. The average Bonchev–Trinajstić information content (AvgIpc) is 2.70. The van der Waals surface area contributed by atoms with Crippen LogP contribution < -0.4 is 10.9 Å². The normalized spacial score (nSPS) is 11.7. The summed E-state index contributed by atoms with van der Waals surface area (Å²) in [5, 5.41) is 4.14. The Morgan fingerprint density at radius 1 is 1.30 bits per heavy atom. The van der Waals surface area contributed by atoms with Gasteiger partial charge in [-0.3, -0.25) is 4.79 Å². The van der Waals surface area contributed by atoms with Crippen LogP contribution in [0.15, 0.2) is 4.79 Å². The van der Waals surface area contributed by atoms with E-state index in [0.717, 1.165) is 28.1 Å². The molecule has 0 aliphatic heterocycles. The maximum atomic E-state index is 12.1. The molecule has 2 rings (SSSR count). The second kappa shape index (κ2) is 6.50. The first kappa shape index (κ1) is 15.2. The molecule has 2 aromatic rings. The minimum Gasteiger partial charge on any atom is -0.310 e. The van der Waals surface area contributed by atoms with Gasteiger partial charge in [0.2, 0.25) is 0 Å². The van der Waals surface area contributed by atoms with Crippen LogP contribution in [0.4, 0.5) is 0 Å². The quantitative estimate of drug-likeness (QED) is 0.860. The number of H-pyrrole nitrogens is 1. The SMILES string of the molecule is CCC(CC)CNCc1nc2sc(C)c(C)c2c(=O)[nH]1. The third-order valence-corrected chi connectivity index (χ3v) is 5.07. The molecule has 2 aromatic heterocycles. The fraction of sp³-hybridized carbons (Fsp3) is 0.600. The van der Waals surface area contributed by atoms with Gasteiger partial charge in [-0.15, -0.1) is 11.3 Å². The van der Waals surface area contributed by atoms with E-state index in [1.807, 2.05) is 13.8 Å². The first-order valence-electron chi connectivity index (χ1n) is 7.26. The lowest BCUT2D eigenvalue weighted by Gasteiger charge is -2.12. The van der Waals surface area contributed by atoms with Crippen LogP contribution >= 0.6 is 11.3 Å². The Labute approximate surface area is 123 Å². The van der Waals surface area contributed by atoms with Gasteiger partial charge in [-0.05, 0) is 31.9 Å². The summed E-state index contributed by atoms with van der Waals surface area (Å²) in [6, 6.07) is 0. The Hall–Kier alpha value is -1.20. The van der Waals surface area contributed by atoms with Crippen LogP contribution in [0.1, 0.15) is 43.0 Å². The van der Waals surface area contributed by atoms with Crippen molar-refractivity contribution in [2.75, 3.05) is 6.54 Å². The molecule has 0 atom stereocenters. The highest BCUT2D eigenvalue weighted by Crippen LogP contribution is 2.25. The number of hydrogen-bond acceptors (Lipinski definition) is 4. The first-order chi connectivity index (χ1) is 9.56. The average molecular weight is 293 g/mol. The van der Waals surface area contributed by atoms with Crippen molar-refractivity contribution in [3.8, 4) is 0 Å². The van der Waals surface area contributed by atoms with Gasteiger partial charge in [0, 0.05) is 4.88 Å². The van der Waals surface area contributed by atoms with Gasteiger partial charge in [0.1, 0.15) is 10.7 Å². The monoisotopic (exact) mass is 293 g/mol. The summed E-state index contributed by atoms with van der Waals surface area (Å²) in [6.07, 6.45) is 2.35. The molecule has 0 saturated carbocycles. The van der Waals surface area contributed by atoms with Crippen LogP contribution in [0.2, 0.25) is 0 Å². The van der Waals surface area contributed by atoms with E-state index in [9.17, 15) is 4.79 Å². The van der Waals surface area contributed by atoms with Crippen molar-refractivity contribution in [3.63, 3.8) is 0 Å². The molecule has 0 saturated heterocycles. The van der Waals surface area contributed by atoms with Crippen molar-refractivity contribution in [2.24, 2.45) is 5.92 Å². The van der Waals surface area contributed by atoms with Crippen LogP contribution in [-0.4, -0.2) is 16.5 Å². The van der Waals surface area contributed by atoms with Crippen molar-refractivity contribution in [1.82, 2.24) is 15.3 Å². The van der Waals surface area contributed by atoms with Crippen molar-refractivity contribution >= 4 is 21.6 Å². The Morgan fingerprint density at radius 3 is 2.65 bits per heavy atom. The molecule has 0 aromatic carbocycles. The molecule has 5 heteroatoms. The van der Waals surface area contributed by atoms with Gasteiger partial charge in [0.25, 0.3) is 5.56 Å². The molecule has 20 heavy (non-hydrogen) atoms. The summed E-state index contributed by atoms with van der Waals surface area (Å²) >= 11 is 1.60. The molecule has 2 N–H and O–H groups in total.